The van der Waals surface area contributed by atoms with E-state index in [1.165, 1.54) is 47.2 Å². The van der Waals surface area contributed by atoms with Crippen molar-refractivity contribution in [3.05, 3.63) is 71.3 Å². The van der Waals surface area contributed by atoms with Crippen LogP contribution in [0.1, 0.15) is 58.4 Å². The zero-order chi connectivity index (χ0) is 24.1. The number of aromatic nitrogens is 2. The summed E-state index contributed by atoms with van der Waals surface area (Å²) in [5, 5.41) is 13.1. The minimum atomic E-state index is -0.125. The number of carbonyl (C=O) groups is 1. The molecule has 0 saturated carbocycles. The van der Waals surface area contributed by atoms with Crippen LogP contribution in [0, 0.1) is 12.0 Å². The van der Waals surface area contributed by atoms with Crippen LogP contribution in [0.4, 0.5) is 0 Å². The smallest absolute Gasteiger partial charge is 0.155 e. The molecule has 0 saturated heterocycles. The van der Waals surface area contributed by atoms with E-state index in [2.05, 4.69) is 64.1 Å². The number of nitrogens with zero attached hydrogens (tertiary/aromatic N) is 2. The van der Waals surface area contributed by atoms with Gasteiger partial charge in [-0.3, -0.25) is 9.78 Å². The maximum absolute atomic E-state index is 10.0. The van der Waals surface area contributed by atoms with Crippen LogP contribution in [0.25, 0.3) is 32.6 Å². The molecule has 0 unspecified atom stereocenters. The Labute approximate surface area is 215 Å². The van der Waals surface area contributed by atoms with Gasteiger partial charge in [-0.25, -0.2) is 0 Å². The maximum atomic E-state index is 10.0. The van der Waals surface area contributed by atoms with E-state index < -0.39 is 0 Å². The Hall–Kier alpha value is -2.62. The molecule has 1 radical (unpaired) electrons. The summed E-state index contributed by atoms with van der Waals surface area (Å²) in [7, 11) is 0. The topological polar surface area (TPSA) is 63.1 Å². The molecule has 0 bridgehead atoms. The minimum Gasteiger partial charge on any atom is -0.512 e. The standard InChI is InChI=1S/C24H25N2.C5H8O2.Ir/c1-5-16-7-9-19-20-10-8-17(6-2)13-22(20)24-23(21(19)12-16)25-14-18(26-24)11-15(3)4;1-4(6)3-5(2)7;/h7-10,13-15H,5-6,11H2,1-4H3;3,6H,1-2H3;/q-1;;. The summed E-state index contributed by atoms with van der Waals surface area (Å²) in [6.45, 7) is 11.7. The Balaban J connectivity index is 0.000000449. The number of rotatable bonds is 5. The van der Waals surface area contributed by atoms with Crippen LogP contribution in [0.15, 0.2) is 48.4 Å². The molecular formula is C29H33IrN2O2-. The quantitative estimate of drug-likeness (QED) is 0.110. The van der Waals surface area contributed by atoms with Crippen molar-refractivity contribution in [1.82, 2.24) is 9.97 Å². The Morgan fingerprint density at radius 2 is 1.74 bits per heavy atom. The van der Waals surface area contributed by atoms with Crippen molar-refractivity contribution < 1.29 is 30.0 Å². The van der Waals surface area contributed by atoms with Crippen LogP contribution in [0.5, 0.6) is 0 Å². The van der Waals surface area contributed by atoms with Gasteiger partial charge in [0, 0.05) is 37.9 Å². The molecule has 181 valence electrons. The number of aryl methyl sites for hydroxylation is 2. The van der Waals surface area contributed by atoms with E-state index >= 15 is 0 Å². The Morgan fingerprint density at radius 1 is 1.03 bits per heavy atom. The average Bonchev–Trinajstić information content (AvgIpc) is 2.77. The molecule has 0 spiro atoms. The summed E-state index contributed by atoms with van der Waals surface area (Å²) in [5.41, 5.74) is 5.62. The number of allylic oxidation sites excluding steroid dienone is 2. The molecule has 1 aromatic heterocycles. The van der Waals surface area contributed by atoms with Gasteiger partial charge in [-0.2, -0.15) is 0 Å². The molecule has 34 heavy (non-hydrogen) atoms. The van der Waals surface area contributed by atoms with E-state index in [1.54, 1.807) is 0 Å². The number of aliphatic hydroxyl groups excluding tert-OH is 1. The van der Waals surface area contributed by atoms with E-state index in [-0.39, 0.29) is 31.6 Å². The van der Waals surface area contributed by atoms with Crippen LogP contribution >= 0.6 is 0 Å². The molecule has 3 aromatic carbocycles. The molecule has 0 aliphatic rings. The third kappa shape index (κ3) is 6.49. The molecule has 0 atom stereocenters. The molecule has 4 rings (SSSR count). The molecule has 5 heteroatoms. The molecule has 0 aliphatic carbocycles. The average molecular weight is 634 g/mol. The summed E-state index contributed by atoms with van der Waals surface area (Å²) >= 11 is 0. The van der Waals surface area contributed by atoms with E-state index in [4.69, 9.17) is 15.1 Å². The van der Waals surface area contributed by atoms with Gasteiger partial charge in [0.25, 0.3) is 0 Å². The predicted molar refractivity (Wildman–Crippen MR) is 138 cm³/mol. The van der Waals surface area contributed by atoms with Crippen molar-refractivity contribution in [3.8, 4) is 0 Å². The Morgan fingerprint density at radius 3 is 2.29 bits per heavy atom. The predicted octanol–water partition coefficient (Wildman–Crippen LogP) is 7.09. The number of hydrogen-bond acceptors (Lipinski definition) is 4. The summed E-state index contributed by atoms with van der Waals surface area (Å²) in [4.78, 5) is 19.9. The molecular weight excluding hydrogens is 601 g/mol. The summed E-state index contributed by atoms with van der Waals surface area (Å²) < 4.78 is 0. The van der Waals surface area contributed by atoms with Crippen molar-refractivity contribution in [1.29, 1.82) is 0 Å². The fraction of sp³-hybridized carbons (Fsp3) is 0.345. The number of ketones is 1. The monoisotopic (exact) mass is 634 g/mol. The number of benzene rings is 3. The first-order chi connectivity index (χ1) is 15.7. The normalized spacial score (nSPS) is 11.4. The molecule has 4 nitrogen and oxygen atoms in total. The SMILES string of the molecule is CC(=O)C=C(C)O.CCc1[c-]c2c(cc1)c1ccc(CC)cc1c1nc(CC(C)C)cnc21.[Ir]. The van der Waals surface area contributed by atoms with Crippen LogP contribution in [0.2, 0.25) is 0 Å². The summed E-state index contributed by atoms with van der Waals surface area (Å²) in [6, 6.07) is 14.8. The van der Waals surface area contributed by atoms with Gasteiger partial charge in [0.05, 0.1) is 17.0 Å². The number of carbonyl (C=O) groups excluding carboxylic acids is 1. The second kappa shape index (κ2) is 12.2. The second-order valence-electron chi connectivity index (χ2n) is 8.91. The Bertz CT molecular complexity index is 1340. The molecule has 1 N–H and O–H groups in total. The van der Waals surface area contributed by atoms with E-state index in [1.807, 2.05) is 6.20 Å². The molecule has 0 aliphatic heterocycles. The van der Waals surface area contributed by atoms with E-state index in [0.29, 0.717) is 5.92 Å². The second-order valence-corrected chi connectivity index (χ2v) is 8.91. The van der Waals surface area contributed by atoms with Crippen LogP contribution in [-0.4, -0.2) is 20.9 Å². The first-order valence-corrected chi connectivity index (χ1v) is 11.7. The number of fused-ring (bicyclic) bond motifs is 6. The fourth-order valence-corrected chi connectivity index (χ4v) is 4.00. The molecule has 0 amide bonds. The maximum Gasteiger partial charge on any atom is 0.155 e. The van der Waals surface area contributed by atoms with Gasteiger partial charge in [-0.15, -0.1) is 29.1 Å². The van der Waals surface area contributed by atoms with Crippen molar-refractivity contribution in [2.75, 3.05) is 0 Å². The summed E-state index contributed by atoms with van der Waals surface area (Å²) in [6.07, 6.45) is 6.07. The van der Waals surface area contributed by atoms with Gasteiger partial charge >= 0.3 is 0 Å². The minimum absolute atomic E-state index is 0. The van der Waals surface area contributed by atoms with Gasteiger partial charge in [0.2, 0.25) is 0 Å². The van der Waals surface area contributed by atoms with Gasteiger partial charge < -0.3 is 10.1 Å². The fourth-order valence-electron chi connectivity index (χ4n) is 4.00. The van der Waals surface area contributed by atoms with Gasteiger partial charge in [0.15, 0.2) is 5.78 Å². The third-order valence-corrected chi connectivity index (χ3v) is 5.51. The van der Waals surface area contributed by atoms with Crippen molar-refractivity contribution >= 4 is 38.4 Å². The van der Waals surface area contributed by atoms with Crippen LogP contribution < -0.4 is 0 Å². The zero-order valence-corrected chi connectivity index (χ0v) is 23.2. The number of hydrogen-bond donors (Lipinski definition) is 1. The number of aliphatic hydroxyl groups is 1. The molecule has 0 fully saturated rings. The largest absolute Gasteiger partial charge is 0.512 e. The first kappa shape index (κ1) is 27.6. The zero-order valence-electron chi connectivity index (χ0n) is 20.8. The van der Waals surface area contributed by atoms with Gasteiger partial charge in [0.1, 0.15) is 0 Å². The van der Waals surface area contributed by atoms with Crippen molar-refractivity contribution in [2.24, 2.45) is 5.92 Å². The van der Waals surface area contributed by atoms with Crippen molar-refractivity contribution in [2.45, 2.75) is 60.8 Å². The van der Waals surface area contributed by atoms with E-state index in [0.717, 1.165) is 41.4 Å². The van der Waals surface area contributed by atoms with E-state index in [9.17, 15) is 4.79 Å². The Kier molecular flexibility index (Phi) is 9.90. The summed E-state index contributed by atoms with van der Waals surface area (Å²) in [5.74, 6) is 0.505. The van der Waals surface area contributed by atoms with Gasteiger partial charge in [-0.05, 0) is 50.0 Å². The van der Waals surface area contributed by atoms with Gasteiger partial charge in [-0.1, -0.05) is 56.7 Å². The third-order valence-electron chi connectivity index (χ3n) is 5.51. The molecule has 4 aromatic rings. The van der Waals surface area contributed by atoms with Crippen LogP contribution in [0.3, 0.4) is 0 Å². The molecule has 1 heterocycles. The van der Waals surface area contributed by atoms with Crippen LogP contribution in [-0.2, 0) is 44.2 Å². The van der Waals surface area contributed by atoms with Crippen molar-refractivity contribution in [3.63, 3.8) is 0 Å². The first-order valence-electron chi connectivity index (χ1n) is 11.7.